The summed E-state index contributed by atoms with van der Waals surface area (Å²) in [6.07, 6.45) is 4.52. The number of nitriles is 1. The van der Waals surface area contributed by atoms with E-state index in [0.29, 0.717) is 22.4 Å². The number of aryl methyl sites for hydroxylation is 1. The molecule has 2 amide bonds. The van der Waals surface area contributed by atoms with E-state index < -0.39 is 11.8 Å². The standard InChI is InChI=1S/C28H24N4O3/c1-16-10-19(12-20-11-17(2)35-26(16)20)25-21(15-32(30-25)22-8-6-5-7-9-22)13-23-18(3)24(14-29)28(34)31(4)27(23)33/h5-10,12-13,15,17H,11H2,1-4H3/b23-13+. The Hall–Kier alpha value is -4.44. The van der Waals surface area contributed by atoms with Crippen LogP contribution in [0, 0.1) is 18.3 Å². The molecule has 2 aromatic carbocycles. The van der Waals surface area contributed by atoms with Gasteiger partial charge in [0.1, 0.15) is 23.5 Å². The molecule has 7 nitrogen and oxygen atoms in total. The average molecular weight is 465 g/mol. The number of imide groups is 1. The van der Waals surface area contributed by atoms with Gasteiger partial charge in [0.25, 0.3) is 11.8 Å². The molecule has 0 aliphatic carbocycles. The number of aromatic nitrogens is 2. The molecule has 2 aliphatic heterocycles. The van der Waals surface area contributed by atoms with Gasteiger partial charge in [-0.05, 0) is 67.8 Å². The SMILES string of the molecule is CC1=C(C#N)C(=O)N(C)C(=O)/C1=C/c1cn(-c2ccccc2)nc1-c1cc(C)c2c(c1)CC(C)O2. The second-order valence-corrected chi connectivity index (χ2v) is 8.97. The maximum absolute atomic E-state index is 13.0. The topological polar surface area (TPSA) is 88.2 Å². The van der Waals surface area contributed by atoms with E-state index in [2.05, 4.69) is 6.07 Å². The van der Waals surface area contributed by atoms with E-state index >= 15 is 0 Å². The highest BCUT2D eigenvalue weighted by Gasteiger charge is 2.33. The van der Waals surface area contributed by atoms with Crippen molar-refractivity contribution in [3.8, 4) is 28.8 Å². The Balaban J connectivity index is 1.72. The number of para-hydroxylation sites is 1. The summed E-state index contributed by atoms with van der Waals surface area (Å²) in [4.78, 5) is 26.4. The largest absolute Gasteiger partial charge is 0.490 e. The third kappa shape index (κ3) is 3.73. The van der Waals surface area contributed by atoms with Crippen molar-refractivity contribution in [3.63, 3.8) is 0 Å². The van der Waals surface area contributed by atoms with Crippen LogP contribution in [0.5, 0.6) is 5.75 Å². The van der Waals surface area contributed by atoms with Gasteiger partial charge in [-0.3, -0.25) is 14.5 Å². The summed E-state index contributed by atoms with van der Waals surface area (Å²) in [5.74, 6) is -0.114. The number of amides is 2. The number of fused-ring (bicyclic) bond motifs is 1. The summed E-state index contributed by atoms with van der Waals surface area (Å²) in [6.45, 7) is 5.70. The molecule has 7 heteroatoms. The van der Waals surface area contributed by atoms with Crippen LogP contribution in [0.2, 0.25) is 0 Å². The van der Waals surface area contributed by atoms with Crippen molar-refractivity contribution < 1.29 is 14.3 Å². The van der Waals surface area contributed by atoms with E-state index in [4.69, 9.17) is 9.84 Å². The van der Waals surface area contributed by atoms with Gasteiger partial charge in [-0.2, -0.15) is 10.4 Å². The summed E-state index contributed by atoms with van der Waals surface area (Å²) in [7, 11) is 1.39. The highest BCUT2D eigenvalue weighted by atomic mass is 16.5. The van der Waals surface area contributed by atoms with Crippen LogP contribution in [0.3, 0.4) is 0 Å². The maximum Gasteiger partial charge on any atom is 0.271 e. The number of benzene rings is 2. The number of hydrogen-bond donors (Lipinski definition) is 0. The first-order chi connectivity index (χ1) is 16.8. The summed E-state index contributed by atoms with van der Waals surface area (Å²) in [5.41, 5.74) is 5.98. The average Bonchev–Trinajstić information content (AvgIpc) is 3.45. The van der Waals surface area contributed by atoms with Crippen LogP contribution in [0.4, 0.5) is 0 Å². The molecule has 5 rings (SSSR count). The Bertz CT molecular complexity index is 1490. The number of carbonyl (C=O) groups is 2. The van der Waals surface area contributed by atoms with Gasteiger partial charge in [0, 0.05) is 36.4 Å². The summed E-state index contributed by atoms with van der Waals surface area (Å²) < 4.78 is 7.75. The zero-order valence-corrected chi connectivity index (χ0v) is 20.0. The quantitative estimate of drug-likeness (QED) is 0.424. The molecular weight excluding hydrogens is 440 g/mol. The van der Waals surface area contributed by atoms with Gasteiger partial charge >= 0.3 is 0 Å². The fourth-order valence-corrected chi connectivity index (χ4v) is 4.64. The monoisotopic (exact) mass is 464 g/mol. The van der Waals surface area contributed by atoms with Crippen LogP contribution >= 0.6 is 0 Å². The molecule has 174 valence electrons. The van der Waals surface area contributed by atoms with Crippen LogP contribution in [-0.2, 0) is 16.0 Å². The smallest absolute Gasteiger partial charge is 0.271 e. The van der Waals surface area contributed by atoms with Gasteiger partial charge in [-0.1, -0.05) is 18.2 Å². The highest BCUT2D eigenvalue weighted by molar-refractivity contribution is 6.19. The lowest BCUT2D eigenvalue weighted by Crippen LogP contribution is -2.39. The molecule has 3 aromatic rings. The number of likely N-dealkylation sites (N-methyl/N-ethyl adjacent to an activating group) is 1. The lowest BCUT2D eigenvalue weighted by molar-refractivity contribution is -0.138. The Morgan fingerprint density at radius 1 is 1.14 bits per heavy atom. The van der Waals surface area contributed by atoms with E-state index in [-0.39, 0.29) is 11.7 Å². The second kappa shape index (κ2) is 8.41. The molecule has 1 aromatic heterocycles. The lowest BCUT2D eigenvalue weighted by atomic mass is 9.93. The lowest BCUT2D eigenvalue weighted by Gasteiger charge is -2.23. The van der Waals surface area contributed by atoms with Gasteiger partial charge in [0.15, 0.2) is 0 Å². The van der Waals surface area contributed by atoms with Crippen LogP contribution in [0.25, 0.3) is 23.0 Å². The van der Waals surface area contributed by atoms with Crippen LogP contribution < -0.4 is 4.74 Å². The Kier molecular flexibility index (Phi) is 5.37. The predicted octanol–water partition coefficient (Wildman–Crippen LogP) is 4.39. The van der Waals surface area contributed by atoms with Gasteiger partial charge < -0.3 is 4.74 Å². The highest BCUT2D eigenvalue weighted by Crippen LogP contribution is 2.38. The summed E-state index contributed by atoms with van der Waals surface area (Å²) >= 11 is 0. The third-order valence-electron chi connectivity index (χ3n) is 6.46. The van der Waals surface area contributed by atoms with Crippen molar-refractivity contribution >= 4 is 17.9 Å². The molecule has 2 aliphatic rings. The third-order valence-corrected chi connectivity index (χ3v) is 6.46. The van der Waals surface area contributed by atoms with Crippen molar-refractivity contribution in [3.05, 3.63) is 82.1 Å². The molecule has 0 saturated carbocycles. The van der Waals surface area contributed by atoms with Crippen molar-refractivity contribution in [2.75, 3.05) is 7.05 Å². The first-order valence-electron chi connectivity index (χ1n) is 11.4. The van der Waals surface area contributed by atoms with Gasteiger partial charge in [-0.15, -0.1) is 0 Å². The Labute approximate surface area is 203 Å². The molecular formula is C28H24N4O3. The second-order valence-electron chi connectivity index (χ2n) is 8.97. The number of hydrogen-bond acceptors (Lipinski definition) is 5. The number of nitrogens with zero attached hydrogens (tertiary/aromatic N) is 4. The minimum Gasteiger partial charge on any atom is -0.490 e. The molecule has 1 unspecified atom stereocenters. The van der Waals surface area contributed by atoms with E-state index in [1.807, 2.05) is 62.5 Å². The summed E-state index contributed by atoms with van der Waals surface area (Å²) in [6, 6.07) is 15.8. The molecule has 35 heavy (non-hydrogen) atoms. The van der Waals surface area contributed by atoms with Crippen LogP contribution in [0.15, 0.2) is 65.4 Å². The van der Waals surface area contributed by atoms with Gasteiger partial charge in [-0.25, -0.2) is 4.68 Å². The van der Waals surface area contributed by atoms with Crippen molar-refractivity contribution in [2.24, 2.45) is 0 Å². The Morgan fingerprint density at radius 2 is 1.89 bits per heavy atom. The predicted molar refractivity (Wildman–Crippen MR) is 132 cm³/mol. The van der Waals surface area contributed by atoms with Crippen molar-refractivity contribution in [2.45, 2.75) is 33.3 Å². The number of carbonyl (C=O) groups excluding carboxylic acids is 2. The first-order valence-corrected chi connectivity index (χ1v) is 11.4. The number of ether oxygens (including phenoxy) is 1. The molecule has 0 bridgehead atoms. The fourth-order valence-electron chi connectivity index (χ4n) is 4.64. The first kappa shape index (κ1) is 22.4. The molecule has 1 atom stereocenters. The molecule has 0 radical (unpaired) electrons. The molecule has 3 heterocycles. The van der Waals surface area contributed by atoms with Crippen molar-refractivity contribution in [1.82, 2.24) is 14.7 Å². The zero-order chi connectivity index (χ0) is 24.9. The van der Waals surface area contributed by atoms with E-state index in [0.717, 1.165) is 39.4 Å². The molecule has 0 saturated heterocycles. The van der Waals surface area contributed by atoms with Crippen molar-refractivity contribution in [1.29, 1.82) is 5.26 Å². The summed E-state index contributed by atoms with van der Waals surface area (Å²) in [5, 5.41) is 14.4. The fraction of sp³-hybridized carbons (Fsp3) is 0.214. The molecule has 0 N–H and O–H groups in total. The number of rotatable bonds is 3. The van der Waals surface area contributed by atoms with E-state index in [1.165, 1.54) is 7.05 Å². The molecule has 0 spiro atoms. The minimum absolute atomic E-state index is 0.0325. The van der Waals surface area contributed by atoms with E-state index in [9.17, 15) is 14.9 Å². The van der Waals surface area contributed by atoms with Crippen LogP contribution in [-0.4, -0.2) is 39.6 Å². The maximum atomic E-state index is 13.0. The normalized spacial score (nSPS) is 18.7. The minimum atomic E-state index is -0.587. The van der Waals surface area contributed by atoms with Crippen LogP contribution in [0.1, 0.15) is 30.5 Å². The van der Waals surface area contributed by atoms with E-state index in [1.54, 1.807) is 17.7 Å². The zero-order valence-electron chi connectivity index (χ0n) is 20.0. The van der Waals surface area contributed by atoms with Gasteiger partial charge in [0.2, 0.25) is 0 Å². The molecule has 0 fully saturated rings. The Morgan fingerprint density at radius 3 is 2.60 bits per heavy atom. The van der Waals surface area contributed by atoms with Gasteiger partial charge in [0.05, 0.1) is 11.4 Å².